The zero-order chi connectivity index (χ0) is 12.3. The molecule has 0 saturated heterocycles. The maximum absolute atomic E-state index is 13.1. The van der Waals surface area contributed by atoms with Gasteiger partial charge in [-0.3, -0.25) is 0 Å². The second-order valence-corrected chi connectivity index (χ2v) is 3.54. The summed E-state index contributed by atoms with van der Waals surface area (Å²) in [6.07, 6.45) is -3.49. The van der Waals surface area contributed by atoms with Gasteiger partial charge in [-0.2, -0.15) is 0 Å². The number of ether oxygens (including phenoxy) is 1. The van der Waals surface area contributed by atoms with Crippen LogP contribution in [0, 0.1) is 5.82 Å². The topological polar surface area (TPSA) is 29.5 Å². The molecule has 0 aliphatic rings. The van der Waals surface area contributed by atoms with Crippen LogP contribution in [0.5, 0.6) is 5.75 Å². The molecule has 1 N–H and O–H groups in total. The first-order valence-electron chi connectivity index (χ1n) is 4.78. The fourth-order valence-electron chi connectivity index (χ4n) is 1.55. The van der Waals surface area contributed by atoms with Gasteiger partial charge in [0.2, 0.25) is 0 Å². The molecule has 90 valence electrons. The average molecular weight is 234 g/mol. The van der Waals surface area contributed by atoms with Gasteiger partial charge in [0.15, 0.2) is 0 Å². The zero-order valence-corrected chi connectivity index (χ0v) is 9.01. The minimum Gasteiger partial charge on any atom is -0.496 e. The Bertz CT molecular complexity index is 364. The van der Waals surface area contributed by atoms with Crippen molar-refractivity contribution in [3.05, 3.63) is 29.1 Å². The van der Waals surface area contributed by atoms with Crippen molar-refractivity contribution < 1.29 is 23.0 Å². The molecule has 5 heteroatoms. The number of rotatable bonds is 4. The monoisotopic (exact) mass is 234 g/mol. The second kappa shape index (κ2) is 5.21. The lowest BCUT2D eigenvalue weighted by atomic mass is 10.0. The molecular formula is C11H13F3O2. The van der Waals surface area contributed by atoms with Crippen molar-refractivity contribution in [1.29, 1.82) is 0 Å². The first-order valence-corrected chi connectivity index (χ1v) is 4.78. The Hall–Kier alpha value is -1.23. The number of halogens is 3. The fourth-order valence-corrected chi connectivity index (χ4v) is 1.55. The van der Waals surface area contributed by atoms with Gasteiger partial charge in [-0.05, 0) is 19.1 Å². The van der Waals surface area contributed by atoms with Crippen LogP contribution in [0.4, 0.5) is 13.2 Å². The highest BCUT2D eigenvalue weighted by atomic mass is 19.3. The summed E-state index contributed by atoms with van der Waals surface area (Å²) in [6.45, 7) is 1.49. The van der Waals surface area contributed by atoms with Crippen LogP contribution in [0.15, 0.2) is 12.1 Å². The van der Waals surface area contributed by atoms with Crippen molar-refractivity contribution in [1.82, 2.24) is 0 Å². The molecule has 0 saturated carbocycles. The number of alkyl halides is 2. The lowest BCUT2D eigenvalue weighted by Gasteiger charge is -2.14. The van der Waals surface area contributed by atoms with E-state index in [2.05, 4.69) is 0 Å². The van der Waals surface area contributed by atoms with Crippen LogP contribution in [0.25, 0.3) is 0 Å². The van der Waals surface area contributed by atoms with Crippen LogP contribution in [0.2, 0.25) is 0 Å². The smallest absolute Gasteiger partial charge is 0.267 e. The van der Waals surface area contributed by atoms with E-state index in [1.165, 1.54) is 14.0 Å². The van der Waals surface area contributed by atoms with Gasteiger partial charge in [-0.15, -0.1) is 0 Å². The molecular weight excluding hydrogens is 221 g/mol. The Labute approximate surface area is 91.7 Å². The molecule has 0 amide bonds. The molecule has 0 bridgehead atoms. The van der Waals surface area contributed by atoms with E-state index in [1.54, 1.807) is 0 Å². The summed E-state index contributed by atoms with van der Waals surface area (Å²) in [6, 6.07) is 1.84. The van der Waals surface area contributed by atoms with Gasteiger partial charge in [-0.1, -0.05) is 0 Å². The molecule has 0 aromatic heterocycles. The van der Waals surface area contributed by atoms with Crippen LogP contribution in [0.1, 0.15) is 24.5 Å². The predicted molar refractivity (Wildman–Crippen MR) is 53.3 cm³/mol. The summed E-state index contributed by atoms with van der Waals surface area (Å²) < 4.78 is 43.1. The Morgan fingerprint density at radius 3 is 2.44 bits per heavy atom. The number of aliphatic hydroxyl groups is 1. The van der Waals surface area contributed by atoms with Gasteiger partial charge < -0.3 is 9.84 Å². The maximum Gasteiger partial charge on any atom is 0.267 e. The van der Waals surface area contributed by atoms with Crippen molar-refractivity contribution in [2.75, 3.05) is 7.11 Å². The molecule has 0 spiro atoms. The number of aliphatic hydroxyl groups excluding tert-OH is 1. The van der Waals surface area contributed by atoms with Crippen molar-refractivity contribution in [2.24, 2.45) is 0 Å². The Morgan fingerprint density at radius 2 is 2.00 bits per heavy atom. The third-order valence-corrected chi connectivity index (χ3v) is 2.11. The normalized spacial score (nSPS) is 12.9. The molecule has 0 radical (unpaired) electrons. The van der Waals surface area contributed by atoms with Crippen LogP contribution in [0.3, 0.4) is 0 Å². The number of hydrogen-bond donors (Lipinski definition) is 1. The standard InChI is InChI=1S/C11H13F3O2/c1-6(15)3-7-4-8(12)5-9(11(13)14)10(7)16-2/h4-6,11,15H,3H2,1-2H3. The van der Waals surface area contributed by atoms with Crippen molar-refractivity contribution in [3.8, 4) is 5.75 Å². The van der Waals surface area contributed by atoms with Crippen molar-refractivity contribution in [3.63, 3.8) is 0 Å². The molecule has 0 heterocycles. The number of hydrogen-bond acceptors (Lipinski definition) is 2. The van der Waals surface area contributed by atoms with Crippen LogP contribution in [-0.2, 0) is 6.42 Å². The minimum atomic E-state index is -2.81. The highest BCUT2D eigenvalue weighted by Gasteiger charge is 2.19. The number of methoxy groups -OCH3 is 1. The first kappa shape index (κ1) is 12.8. The van der Waals surface area contributed by atoms with E-state index >= 15 is 0 Å². The van der Waals surface area contributed by atoms with Gasteiger partial charge in [0.05, 0.1) is 18.8 Å². The van der Waals surface area contributed by atoms with Crippen LogP contribution in [-0.4, -0.2) is 18.3 Å². The van der Waals surface area contributed by atoms with Crippen molar-refractivity contribution >= 4 is 0 Å². The van der Waals surface area contributed by atoms with Gasteiger partial charge in [0, 0.05) is 12.0 Å². The van der Waals surface area contributed by atoms with Crippen LogP contribution < -0.4 is 4.74 Å². The predicted octanol–water partition coefficient (Wildman–Crippen LogP) is 2.70. The second-order valence-electron chi connectivity index (χ2n) is 3.54. The molecule has 1 atom stereocenters. The average Bonchev–Trinajstić information content (AvgIpc) is 2.15. The van der Waals surface area contributed by atoms with Gasteiger partial charge >= 0.3 is 0 Å². The summed E-state index contributed by atoms with van der Waals surface area (Å²) in [5.74, 6) is -0.816. The van der Waals surface area contributed by atoms with E-state index in [0.29, 0.717) is 0 Å². The molecule has 0 fully saturated rings. The molecule has 1 rings (SSSR count). The van der Waals surface area contributed by atoms with Gasteiger partial charge in [0.25, 0.3) is 6.43 Å². The molecule has 1 unspecified atom stereocenters. The Balaban J connectivity index is 3.24. The molecule has 0 aliphatic carbocycles. The highest BCUT2D eigenvalue weighted by Crippen LogP contribution is 2.33. The molecule has 16 heavy (non-hydrogen) atoms. The minimum absolute atomic E-state index is 0.0581. The summed E-state index contributed by atoms with van der Waals surface area (Å²) in [7, 11) is 1.24. The van der Waals surface area contributed by atoms with Crippen molar-refractivity contribution in [2.45, 2.75) is 25.9 Å². The zero-order valence-electron chi connectivity index (χ0n) is 9.01. The SMILES string of the molecule is COc1c(CC(C)O)cc(F)cc1C(F)F. The Kier molecular flexibility index (Phi) is 4.18. The summed E-state index contributed by atoms with van der Waals surface area (Å²) in [4.78, 5) is 0. The quantitative estimate of drug-likeness (QED) is 0.867. The van der Waals surface area contributed by atoms with E-state index in [9.17, 15) is 18.3 Å². The molecule has 0 aliphatic heterocycles. The van der Waals surface area contributed by atoms with Crippen LogP contribution >= 0.6 is 0 Å². The van der Waals surface area contributed by atoms with E-state index in [0.717, 1.165) is 12.1 Å². The lowest BCUT2D eigenvalue weighted by Crippen LogP contribution is -2.08. The molecule has 1 aromatic rings. The largest absolute Gasteiger partial charge is 0.496 e. The van der Waals surface area contributed by atoms with E-state index in [4.69, 9.17) is 4.74 Å². The van der Waals surface area contributed by atoms with E-state index in [-0.39, 0.29) is 17.7 Å². The summed E-state index contributed by atoms with van der Waals surface area (Å²) >= 11 is 0. The van der Waals surface area contributed by atoms with Gasteiger partial charge in [-0.25, -0.2) is 13.2 Å². The van der Waals surface area contributed by atoms with E-state index < -0.39 is 23.9 Å². The summed E-state index contributed by atoms with van der Waals surface area (Å²) in [5, 5.41) is 9.18. The first-order chi connectivity index (χ1) is 7.45. The summed E-state index contributed by atoms with van der Waals surface area (Å²) in [5.41, 5.74) is -0.244. The molecule has 2 nitrogen and oxygen atoms in total. The third kappa shape index (κ3) is 2.88. The third-order valence-electron chi connectivity index (χ3n) is 2.11. The maximum atomic E-state index is 13.1. The lowest BCUT2D eigenvalue weighted by molar-refractivity contribution is 0.145. The number of benzene rings is 1. The molecule has 1 aromatic carbocycles. The fraction of sp³-hybridized carbons (Fsp3) is 0.455. The van der Waals surface area contributed by atoms with Gasteiger partial charge in [0.1, 0.15) is 11.6 Å². The van der Waals surface area contributed by atoms with E-state index in [1.807, 2.05) is 0 Å². The Morgan fingerprint density at radius 1 is 1.38 bits per heavy atom. The highest BCUT2D eigenvalue weighted by molar-refractivity contribution is 5.43.